The van der Waals surface area contributed by atoms with E-state index in [1.54, 1.807) is 24.4 Å². The van der Waals surface area contributed by atoms with Gasteiger partial charge < -0.3 is 5.11 Å². The number of nitrogens with zero attached hydrogens (tertiary/aromatic N) is 3. The average molecular weight is 369 g/mol. The van der Waals surface area contributed by atoms with Crippen LogP contribution < -0.4 is 5.56 Å². The molecule has 3 aromatic rings. The second-order valence-electron chi connectivity index (χ2n) is 6.91. The number of fused-ring (bicyclic) bond motifs is 1. The Hall–Kier alpha value is -2.18. The van der Waals surface area contributed by atoms with E-state index in [1.165, 1.54) is 28.5 Å². The van der Waals surface area contributed by atoms with Crippen LogP contribution in [0.1, 0.15) is 36.3 Å². The third-order valence-electron chi connectivity index (χ3n) is 5.14. The largest absolute Gasteiger partial charge is 0.504 e. The molecule has 0 bridgehead atoms. The maximum Gasteiger partial charge on any atom is 0.258 e. The van der Waals surface area contributed by atoms with Gasteiger partial charge in [-0.25, -0.2) is 4.98 Å². The second kappa shape index (κ2) is 7.60. The standard InChI is InChI=1S/C20H23N3O2S/c24-18-7-3-11-23-19(25)13-15(21-20(18)23)14-22-10-2-1-5-16(22)8-9-17-6-4-12-26-17/h3-4,6-7,11-13,16,24H,1-2,5,8-10,14H2. The van der Waals surface area contributed by atoms with Crippen LogP contribution in [-0.4, -0.2) is 32.0 Å². The zero-order valence-electron chi connectivity index (χ0n) is 14.7. The normalized spacial score (nSPS) is 18.4. The summed E-state index contributed by atoms with van der Waals surface area (Å²) in [5.41, 5.74) is 0.926. The average Bonchev–Trinajstić information content (AvgIpc) is 3.16. The first-order valence-electron chi connectivity index (χ1n) is 9.17. The molecule has 5 nitrogen and oxygen atoms in total. The lowest BCUT2D eigenvalue weighted by Gasteiger charge is -2.35. The van der Waals surface area contributed by atoms with Crippen molar-refractivity contribution in [3.63, 3.8) is 0 Å². The number of aromatic hydroxyl groups is 1. The number of rotatable bonds is 5. The van der Waals surface area contributed by atoms with E-state index >= 15 is 0 Å². The van der Waals surface area contributed by atoms with Crippen LogP contribution in [0.2, 0.25) is 0 Å². The predicted molar refractivity (Wildman–Crippen MR) is 104 cm³/mol. The molecule has 6 heteroatoms. The summed E-state index contributed by atoms with van der Waals surface area (Å²) in [6.45, 7) is 1.70. The Balaban J connectivity index is 1.53. The van der Waals surface area contributed by atoms with Gasteiger partial charge in [0.15, 0.2) is 11.4 Å². The van der Waals surface area contributed by atoms with Crippen LogP contribution in [0.4, 0.5) is 0 Å². The lowest BCUT2D eigenvalue weighted by molar-refractivity contribution is 0.131. The maximum atomic E-state index is 12.4. The Morgan fingerprint density at radius 2 is 2.19 bits per heavy atom. The summed E-state index contributed by atoms with van der Waals surface area (Å²) in [6.07, 6.45) is 7.53. The number of hydrogen-bond acceptors (Lipinski definition) is 5. The van der Waals surface area contributed by atoms with Crippen LogP contribution in [0.3, 0.4) is 0 Å². The van der Waals surface area contributed by atoms with E-state index in [0.717, 1.165) is 25.1 Å². The van der Waals surface area contributed by atoms with Crippen molar-refractivity contribution >= 4 is 17.0 Å². The van der Waals surface area contributed by atoms with Crippen LogP contribution in [0.15, 0.2) is 46.7 Å². The van der Waals surface area contributed by atoms with Crippen molar-refractivity contribution in [2.45, 2.75) is 44.7 Å². The Kier molecular flexibility index (Phi) is 5.04. The summed E-state index contributed by atoms with van der Waals surface area (Å²) < 4.78 is 1.39. The summed E-state index contributed by atoms with van der Waals surface area (Å²) in [4.78, 5) is 20.8. The van der Waals surface area contributed by atoms with Crippen molar-refractivity contribution in [3.05, 3.63) is 62.8 Å². The van der Waals surface area contributed by atoms with Crippen molar-refractivity contribution in [2.75, 3.05) is 6.54 Å². The lowest BCUT2D eigenvalue weighted by atomic mass is 9.97. The van der Waals surface area contributed by atoms with Crippen LogP contribution >= 0.6 is 11.3 Å². The molecule has 136 valence electrons. The predicted octanol–water partition coefficient (Wildman–Crippen LogP) is 3.45. The number of thiophene rings is 1. The van der Waals surface area contributed by atoms with E-state index < -0.39 is 0 Å². The number of piperidine rings is 1. The van der Waals surface area contributed by atoms with Crippen LogP contribution in [0.5, 0.6) is 5.75 Å². The van der Waals surface area contributed by atoms with Gasteiger partial charge in [-0.05, 0) is 55.8 Å². The molecule has 0 amide bonds. The highest BCUT2D eigenvalue weighted by molar-refractivity contribution is 7.09. The van der Waals surface area contributed by atoms with Gasteiger partial charge in [0, 0.05) is 29.7 Å². The fourth-order valence-electron chi connectivity index (χ4n) is 3.81. The molecule has 1 atom stereocenters. The lowest BCUT2D eigenvalue weighted by Crippen LogP contribution is -2.39. The number of pyridine rings is 1. The molecule has 3 aromatic heterocycles. The van der Waals surface area contributed by atoms with Gasteiger partial charge >= 0.3 is 0 Å². The molecule has 0 aliphatic carbocycles. The SMILES string of the molecule is O=c1cc(CN2CCCCC2CCc2cccs2)nc2c(O)cccn12. The summed E-state index contributed by atoms with van der Waals surface area (Å²) >= 11 is 1.82. The fourth-order valence-corrected chi connectivity index (χ4v) is 4.53. The van der Waals surface area contributed by atoms with E-state index in [-0.39, 0.29) is 11.3 Å². The van der Waals surface area contributed by atoms with Crippen molar-refractivity contribution in [1.82, 2.24) is 14.3 Å². The van der Waals surface area contributed by atoms with Gasteiger partial charge in [-0.3, -0.25) is 14.1 Å². The van der Waals surface area contributed by atoms with Crippen LogP contribution in [0.25, 0.3) is 5.65 Å². The Morgan fingerprint density at radius 3 is 3.04 bits per heavy atom. The fraction of sp³-hybridized carbons (Fsp3) is 0.400. The number of aromatic nitrogens is 2. The highest BCUT2D eigenvalue weighted by atomic mass is 32.1. The maximum absolute atomic E-state index is 12.4. The summed E-state index contributed by atoms with van der Waals surface area (Å²) in [6, 6.07) is 9.64. The third kappa shape index (κ3) is 3.66. The van der Waals surface area contributed by atoms with Crippen LogP contribution in [0, 0.1) is 0 Å². The smallest absolute Gasteiger partial charge is 0.258 e. The first-order chi connectivity index (χ1) is 12.7. The Labute approximate surface area is 156 Å². The van der Waals surface area contributed by atoms with E-state index in [2.05, 4.69) is 27.4 Å². The molecule has 1 fully saturated rings. The molecule has 0 aromatic carbocycles. The molecule has 0 saturated carbocycles. The van der Waals surface area contributed by atoms with Gasteiger partial charge in [0.2, 0.25) is 0 Å². The molecular formula is C20H23N3O2S. The minimum atomic E-state index is -0.145. The zero-order chi connectivity index (χ0) is 17.9. The summed E-state index contributed by atoms with van der Waals surface area (Å²) in [7, 11) is 0. The molecule has 1 unspecified atom stereocenters. The second-order valence-corrected chi connectivity index (χ2v) is 7.94. The molecule has 4 rings (SSSR count). The molecule has 1 saturated heterocycles. The molecule has 26 heavy (non-hydrogen) atoms. The minimum Gasteiger partial charge on any atom is -0.504 e. The molecule has 1 aliphatic rings. The van der Waals surface area contributed by atoms with Gasteiger partial charge in [-0.1, -0.05) is 12.5 Å². The molecule has 4 heterocycles. The van der Waals surface area contributed by atoms with E-state index in [0.29, 0.717) is 18.2 Å². The highest BCUT2D eigenvalue weighted by Gasteiger charge is 2.23. The molecule has 0 spiro atoms. The summed E-state index contributed by atoms with van der Waals surface area (Å²) in [5.74, 6) is 0.0411. The highest BCUT2D eigenvalue weighted by Crippen LogP contribution is 2.24. The quantitative estimate of drug-likeness (QED) is 0.748. The molecule has 1 aliphatic heterocycles. The van der Waals surface area contributed by atoms with Gasteiger partial charge in [-0.15, -0.1) is 11.3 Å². The topological polar surface area (TPSA) is 57.8 Å². The number of likely N-dealkylation sites (tertiary alicyclic amines) is 1. The van der Waals surface area contributed by atoms with E-state index in [9.17, 15) is 9.90 Å². The van der Waals surface area contributed by atoms with E-state index in [1.807, 2.05) is 11.3 Å². The minimum absolute atomic E-state index is 0.0411. The third-order valence-corrected chi connectivity index (χ3v) is 6.08. The van der Waals surface area contributed by atoms with Crippen molar-refractivity contribution < 1.29 is 5.11 Å². The Bertz CT molecular complexity index is 936. The molecule has 0 radical (unpaired) electrons. The number of aryl methyl sites for hydroxylation is 1. The molecule has 1 N–H and O–H groups in total. The Morgan fingerprint density at radius 1 is 1.27 bits per heavy atom. The molecular weight excluding hydrogens is 346 g/mol. The first kappa shape index (κ1) is 17.2. The monoisotopic (exact) mass is 369 g/mol. The van der Waals surface area contributed by atoms with Crippen molar-refractivity contribution in [2.24, 2.45) is 0 Å². The van der Waals surface area contributed by atoms with Gasteiger partial charge in [-0.2, -0.15) is 0 Å². The van der Waals surface area contributed by atoms with Crippen LogP contribution in [-0.2, 0) is 13.0 Å². The zero-order valence-corrected chi connectivity index (χ0v) is 15.5. The summed E-state index contributed by atoms with van der Waals surface area (Å²) in [5, 5.41) is 12.2. The van der Waals surface area contributed by atoms with E-state index in [4.69, 9.17) is 0 Å². The van der Waals surface area contributed by atoms with Gasteiger partial charge in [0.1, 0.15) is 0 Å². The van der Waals surface area contributed by atoms with Crippen molar-refractivity contribution in [3.8, 4) is 5.75 Å². The van der Waals surface area contributed by atoms with Gasteiger partial charge in [0.05, 0.1) is 5.69 Å². The van der Waals surface area contributed by atoms with Crippen molar-refractivity contribution in [1.29, 1.82) is 0 Å². The first-order valence-corrected chi connectivity index (χ1v) is 10.1. The number of hydrogen-bond donors (Lipinski definition) is 1. The van der Waals surface area contributed by atoms with Gasteiger partial charge in [0.25, 0.3) is 5.56 Å².